The summed E-state index contributed by atoms with van der Waals surface area (Å²) in [4.78, 5) is 22.7. The highest BCUT2D eigenvalue weighted by molar-refractivity contribution is 5.74. The van der Waals surface area contributed by atoms with Crippen LogP contribution in [0, 0.1) is 0 Å². The molecular weight excluding hydrogens is 320 g/mol. The third kappa shape index (κ3) is 3.81. The lowest BCUT2D eigenvalue weighted by Gasteiger charge is -2.18. The van der Waals surface area contributed by atoms with Gasteiger partial charge in [0.1, 0.15) is 0 Å². The Morgan fingerprint density at radius 3 is 2.92 bits per heavy atom. The Hall–Kier alpha value is -2.83. The van der Waals surface area contributed by atoms with Gasteiger partial charge in [0.05, 0.1) is 19.9 Å². The summed E-state index contributed by atoms with van der Waals surface area (Å²) in [5, 5.41) is 2.95. The molecule has 2 amide bonds. The van der Waals surface area contributed by atoms with E-state index in [9.17, 15) is 4.79 Å². The van der Waals surface area contributed by atoms with Crippen LogP contribution in [0.15, 0.2) is 36.8 Å². The number of methoxy groups -OCH3 is 2. The van der Waals surface area contributed by atoms with Crippen molar-refractivity contribution >= 4 is 6.03 Å². The van der Waals surface area contributed by atoms with Crippen molar-refractivity contribution in [2.45, 2.75) is 18.9 Å². The van der Waals surface area contributed by atoms with Gasteiger partial charge in [0.25, 0.3) is 0 Å². The largest absolute Gasteiger partial charge is 0.493 e. The Balaban J connectivity index is 1.59. The van der Waals surface area contributed by atoms with Crippen LogP contribution < -0.4 is 14.8 Å². The van der Waals surface area contributed by atoms with Gasteiger partial charge in [-0.15, -0.1) is 0 Å². The molecule has 3 rings (SSSR count). The minimum atomic E-state index is -0.0868. The predicted octanol–water partition coefficient (Wildman–Crippen LogP) is 2.19. The van der Waals surface area contributed by atoms with Crippen LogP contribution in [-0.2, 0) is 6.54 Å². The number of likely N-dealkylation sites (tertiary alicyclic amines) is 1. The number of benzene rings is 1. The monoisotopic (exact) mass is 342 g/mol. The van der Waals surface area contributed by atoms with Gasteiger partial charge < -0.3 is 19.7 Å². The number of carbonyl (C=O) groups is 1. The molecule has 7 heteroatoms. The summed E-state index contributed by atoms with van der Waals surface area (Å²) in [6, 6.07) is 5.53. The molecule has 0 aliphatic carbocycles. The molecule has 0 radical (unpaired) electrons. The average molecular weight is 342 g/mol. The molecule has 7 nitrogen and oxygen atoms in total. The lowest BCUT2D eigenvalue weighted by atomic mass is 10.1. The number of para-hydroxylation sites is 1. The zero-order chi connectivity index (χ0) is 17.6. The summed E-state index contributed by atoms with van der Waals surface area (Å²) in [6.07, 6.45) is 6.01. The molecular formula is C18H22N4O3. The zero-order valence-electron chi connectivity index (χ0n) is 14.4. The molecule has 1 aromatic carbocycles. The van der Waals surface area contributed by atoms with Crippen LogP contribution in [0.5, 0.6) is 11.5 Å². The van der Waals surface area contributed by atoms with Gasteiger partial charge in [-0.2, -0.15) is 0 Å². The number of nitrogens with zero attached hydrogens (tertiary/aromatic N) is 3. The molecule has 0 bridgehead atoms. The van der Waals surface area contributed by atoms with Crippen LogP contribution in [0.3, 0.4) is 0 Å². The summed E-state index contributed by atoms with van der Waals surface area (Å²) in [6.45, 7) is 1.74. The molecule has 1 N–H and O–H groups in total. The summed E-state index contributed by atoms with van der Waals surface area (Å²) in [5.74, 6) is 1.54. The fourth-order valence-corrected chi connectivity index (χ4v) is 3.08. The first-order valence-corrected chi connectivity index (χ1v) is 8.21. The summed E-state index contributed by atoms with van der Waals surface area (Å²) >= 11 is 0. The molecule has 2 aromatic rings. The number of aromatic nitrogens is 2. The van der Waals surface area contributed by atoms with E-state index in [1.807, 2.05) is 23.1 Å². The minimum absolute atomic E-state index is 0.0868. The van der Waals surface area contributed by atoms with E-state index in [0.29, 0.717) is 31.1 Å². The standard InChI is InChI=1S/C18H22N4O3/c1-24-16-5-3-4-13(17(16)25-2)10-21-18(23)22-9-6-14(12-22)15-11-19-7-8-20-15/h3-5,7-8,11,14H,6,9-10,12H2,1-2H3,(H,21,23). The van der Waals surface area contributed by atoms with E-state index in [1.54, 1.807) is 32.8 Å². The van der Waals surface area contributed by atoms with E-state index < -0.39 is 0 Å². The van der Waals surface area contributed by atoms with Gasteiger partial charge in [-0.1, -0.05) is 12.1 Å². The first-order valence-electron chi connectivity index (χ1n) is 8.21. The average Bonchev–Trinajstić information content (AvgIpc) is 3.16. The molecule has 1 aromatic heterocycles. The van der Waals surface area contributed by atoms with Crippen molar-refractivity contribution in [1.82, 2.24) is 20.2 Å². The third-order valence-electron chi connectivity index (χ3n) is 4.39. The lowest BCUT2D eigenvalue weighted by Crippen LogP contribution is -2.38. The zero-order valence-corrected chi connectivity index (χ0v) is 14.4. The first-order chi connectivity index (χ1) is 12.2. The van der Waals surface area contributed by atoms with Gasteiger partial charge in [-0.25, -0.2) is 4.79 Å². The predicted molar refractivity (Wildman–Crippen MR) is 92.7 cm³/mol. The quantitative estimate of drug-likeness (QED) is 0.901. The molecule has 0 spiro atoms. The number of nitrogens with one attached hydrogen (secondary N) is 1. The topological polar surface area (TPSA) is 76.6 Å². The Bertz CT molecular complexity index is 724. The van der Waals surface area contributed by atoms with Crippen LogP contribution in [0.25, 0.3) is 0 Å². The van der Waals surface area contributed by atoms with Crippen LogP contribution in [0.2, 0.25) is 0 Å². The normalized spacial score (nSPS) is 16.6. The maximum Gasteiger partial charge on any atom is 0.317 e. The molecule has 1 unspecified atom stereocenters. The van der Waals surface area contributed by atoms with Crippen LogP contribution in [0.4, 0.5) is 4.79 Å². The third-order valence-corrected chi connectivity index (χ3v) is 4.39. The van der Waals surface area contributed by atoms with Gasteiger partial charge in [0.15, 0.2) is 11.5 Å². The number of amides is 2. The Morgan fingerprint density at radius 2 is 2.20 bits per heavy atom. The van der Waals surface area contributed by atoms with Crippen molar-refractivity contribution in [3.8, 4) is 11.5 Å². The smallest absolute Gasteiger partial charge is 0.317 e. The second kappa shape index (κ2) is 7.83. The second-order valence-electron chi connectivity index (χ2n) is 5.87. The molecule has 1 fully saturated rings. The summed E-state index contributed by atoms with van der Waals surface area (Å²) in [5.41, 5.74) is 1.81. The first kappa shape index (κ1) is 17.0. The van der Waals surface area contributed by atoms with Gasteiger partial charge in [-0.3, -0.25) is 9.97 Å². The molecule has 1 aliphatic heterocycles. The SMILES string of the molecule is COc1cccc(CNC(=O)N2CCC(c3cnccn3)C2)c1OC. The number of urea groups is 1. The number of ether oxygens (including phenoxy) is 2. The fraction of sp³-hybridized carbons (Fsp3) is 0.389. The minimum Gasteiger partial charge on any atom is -0.493 e. The lowest BCUT2D eigenvalue weighted by molar-refractivity contribution is 0.207. The van der Waals surface area contributed by atoms with E-state index in [-0.39, 0.29) is 11.9 Å². The molecule has 0 saturated carbocycles. The molecule has 25 heavy (non-hydrogen) atoms. The van der Waals surface area contributed by atoms with Gasteiger partial charge >= 0.3 is 6.03 Å². The highest BCUT2D eigenvalue weighted by atomic mass is 16.5. The van der Waals surface area contributed by atoms with Crippen LogP contribution >= 0.6 is 0 Å². The van der Waals surface area contributed by atoms with E-state index in [1.165, 1.54) is 0 Å². The van der Waals surface area contributed by atoms with Crippen molar-refractivity contribution in [3.05, 3.63) is 48.0 Å². The summed E-state index contributed by atoms with van der Waals surface area (Å²) in [7, 11) is 3.19. The van der Waals surface area contributed by atoms with Gasteiger partial charge in [-0.05, 0) is 12.5 Å². The van der Waals surface area contributed by atoms with Crippen molar-refractivity contribution in [1.29, 1.82) is 0 Å². The van der Waals surface area contributed by atoms with Crippen molar-refractivity contribution in [2.24, 2.45) is 0 Å². The highest BCUT2D eigenvalue weighted by Gasteiger charge is 2.28. The Labute approximate surface area is 147 Å². The molecule has 1 saturated heterocycles. The second-order valence-corrected chi connectivity index (χ2v) is 5.87. The number of hydrogen-bond donors (Lipinski definition) is 1. The number of hydrogen-bond acceptors (Lipinski definition) is 5. The molecule has 2 heterocycles. The van der Waals surface area contributed by atoms with Gasteiger partial charge in [0, 0.05) is 49.7 Å². The van der Waals surface area contributed by atoms with E-state index in [0.717, 1.165) is 17.7 Å². The number of carbonyl (C=O) groups excluding carboxylic acids is 1. The van der Waals surface area contributed by atoms with Crippen molar-refractivity contribution in [2.75, 3.05) is 27.3 Å². The fourth-order valence-electron chi connectivity index (χ4n) is 3.08. The highest BCUT2D eigenvalue weighted by Crippen LogP contribution is 2.30. The van der Waals surface area contributed by atoms with E-state index >= 15 is 0 Å². The van der Waals surface area contributed by atoms with Gasteiger partial charge in [0.2, 0.25) is 0 Å². The molecule has 132 valence electrons. The maximum atomic E-state index is 12.5. The summed E-state index contributed by atoms with van der Waals surface area (Å²) < 4.78 is 10.7. The van der Waals surface area contributed by atoms with E-state index in [4.69, 9.17) is 9.47 Å². The van der Waals surface area contributed by atoms with Crippen molar-refractivity contribution < 1.29 is 14.3 Å². The van der Waals surface area contributed by atoms with Crippen LogP contribution in [0.1, 0.15) is 23.6 Å². The van der Waals surface area contributed by atoms with Crippen LogP contribution in [-0.4, -0.2) is 48.2 Å². The number of rotatable bonds is 5. The Kier molecular flexibility index (Phi) is 5.33. The van der Waals surface area contributed by atoms with E-state index in [2.05, 4.69) is 15.3 Å². The maximum absolute atomic E-state index is 12.5. The molecule has 1 aliphatic rings. The Morgan fingerprint density at radius 1 is 1.32 bits per heavy atom. The molecule has 1 atom stereocenters. The van der Waals surface area contributed by atoms with Crippen molar-refractivity contribution in [3.63, 3.8) is 0 Å².